The van der Waals surface area contributed by atoms with E-state index in [1.165, 1.54) is 5.56 Å². The molecule has 2 aliphatic heterocycles. The predicted molar refractivity (Wildman–Crippen MR) is 140 cm³/mol. The molecule has 6 heteroatoms. The average Bonchev–Trinajstić information content (AvgIpc) is 3.47. The second kappa shape index (κ2) is 10.3. The minimum atomic E-state index is -0.339. The van der Waals surface area contributed by atoms with Gasteiger partial charge in [0.25, 0.3) is 5.91 Å². The van der Waals surface area contributed by atoms with Crippen molar-refractivity contribution in [2.45, 2.75) is 52.1 Å². The van der Waals surface area contributed by atoms with Gasteiger partial charge in [-0.15, -0.1) is 0 Å². The molecule has 2 aromatic carbocycles. The van der Waals surface area contributed by atoms with E-state index < -0.39 is 0 Å². The number of carbonyl (C=O) groups excluding carboxylic acids is 2. The van der Waals surface area contributed by atoms with E-state index in [1.807, 2.05) is 46.0 Å². The van der Waals surface area contributed by atoms with Crippen molar-refractivity contribution in [3.05, 3.63) is 90.0 Å². The summed E-state index contributed by atoms with van der Waals surface area (Å²) in [5.41, 5.74) is 2.73. The Bertz CT molecular complexity index is 1180. The molecule has 1 unspecified atom stereocenters. The maximum absolute atomic E-state index is 13.8. The van der Waals surface area contributed by atoms with Gasteiger partial charge in [0.05, 0.1) is 11.7 Å². The fourth-order valence-corrected chi connectivity index (χ4v) is 5.95. The minimum Gasteiger partial charge on any atom is -0.339 e. The number of aromatic nitrogens is 2. The Balaban J connectivity index is 1.27. The van der Waals surface area contributed by atoms with Gasteiger partial charge in [-0.2, -0.15) is 0 Å². The normalized spacial score (nSPS) is 19.4. The number of piperidine rings is 1. The van der Waals surface area contributed by atoms with Crippen LogP contribution in [-0.2, 0) is 17.8 Å². The Kier molecular flexibility index (Phi) is 6.95. The molecule has 0 bridgehead atoms. The lowest BCUT2D eigenvalue weighted by molar-refractivity contribution is -0.139. The van der Waals surface area contributed by atoms with Crippen LogP contribution in [0.3, 0.4) is 0 Å². The molecule has 0 aliphatic carbocycles. The Morgan fingerprint density at radius 1 is 1.06 bits per heavy atom. The van der Waals surface area contributed by atoms with Crippen LogP contribution in [0, 0.1) is 11.3 Å². The topological polar surface area (TPSA) is 58.4 Å². The second-order valence-electron chi connectivity index (χ2n) is 10.9. The summed E-state index contributed by atoms with van der Waals surface area (Å²) >= 11 is 0. The van der Waals surface area contributed by atoms with Gasteiger partial charge in [-0.1, -0.05) is 56.3 Å². The van der Waals surface area contributed by atoms with Gasteiger partial charge >= 0.3 is 0 Å². The Morgan fingerprint density at radius 3 is 2.50 bits per heavy atom. The van der Waals surface area contributed by atoms with E-state index >= 15 is 0 Å². The molecule has 188 valence electrons. The highest BCUT2D eigenvalue weighted by molar-refractivity contribution is 5.95. The van der Waals surface area contributed by atoms with Gasteiger partial charge in [-0.3, -0.25) is 9.59 Å². The van der Waals surface area contributed by atoms with Crippen LogP contribution in [-0.4, -0.2) is 56.8 Å². The van der Waals surface area contributed by atoms with Crippen molar-refractivity contribution in [2.75, 3.05) is 19.6 Å². The predicted octanol–water partition coefficient (Wildman–Crippen LogP) is 4.65. The van der Waals surface area contributed by atoms with Gasteiger partial charge < -0.3 is 14.4 Å². The molecule has 1 aromatic heterocycles. The highest BCUT2D eigenvalue weighted by Crippen LogP contribution is 2.45. The smallest absolute Gasteiger partial charge is 0.253 e. The van der Waals surface area contributed by atoms with E-state index in [-0.39, 0.29) is 17.4 Å². The molecule has 0 saturated carbocycles. The van der Waals surface area contributed by atoms with Crippen molar-refractivity contribution in [1.82, 2.24) is 19.4 Å². The van der Waals surface area contributed by atoms with E-state index in [4.69, 9.17) is 0 Å². The lowest BCUT2D eigenvalue weighted by Crippen LogP contribution is -2.47. The summed E-state index contributed by atoms with van der Waals surface area (Å²) in [6.45, 7) is 7.10. The van der Waals surface area contributed by atoms with Crippen LogP contribution in [0.25, 0.3) is 0 Å². The summed E-state index contributed by atoms with van der Waals surface area (Å²) in [4.78, 5) is 35.3. The number of carbonyl (C=O) groups is 2. The third kappa shape index (κ3) is 5.08. The molecule has 36 heavy (non-hydrogen) atoms. The highest BCUT2D eigenvalue weighted by atomic mass is 16.2. The van der Waals surface area contributed by atoms with Gasteiger partial charge in [0, 0.05) is 50.2 Å². The zero-order chi connectivity index (χ0) is 25.1. The molecule has 6 nitrogen and oxygen atoms in total. The van der Waals surface area contributed by atoms with Gasteiger partial charge in [-0.05, 0) is 54.9 Å². The van der Waals surface area contributed by atoms with Gasteiger partial charge in [0.2, 0.25) is 5.91 Å². The summed E-state index contributed by atoms with van der Waals surface area (Å²) in [5, 5.41) is 0. The average molecular weight is 485 g/mol. The van der Waals surface area contributed by atoms with E-state index in [9.17, 15) is 9.59 Å². The molecular weight excluding hydrogens is 448 g/mol. The van der Waals surface area contributed by atoms with Crippen LogP contribution in [0.5, 0.6) is 0 Å². The van der Waals surface area contributed by atoms with E-state index in [0.29, 0.717) is 37.0 Å². The number of imidazole rings is 1. The zero-order valence-electron chi connectivity index (χ0n) is 21.3. The number of hydrogen-bond donors (Lipinski definition) is 0. The quantitative estimate of drug-likeness (QED) is 0.490. The van der Waals surface area contributed by atoms with Crippen LogP contribution < -0.4 is 0 Å². The Labute approximate surface area is 213 Å². The molecule has 1 atom stereocenters. The standard InChI is InChI=1S/C30H36N4O2/c1-23(2)20-34-27(18-24-7-4-3-5-8-24)19-30(29(34)36)11-14-33(15-12-30)28(35)26-10-6-9-25(17-26)21-32-16-13-31-22-32/h3-10,13,16-17,22-23,27H,11-12,14-15,18-21H2,1-2H3. The largest absolute Gasteiger partial charge is 0.339 e. The molecule has 3 aromatic rings. The van der Waals surface area contributed by atoms with Crippen molar-refractivity contribution in [3.63, 3.8) is 0 Å². The number of rotatable bonds is 7. The molecule has 0 radical (unpaired) electrons. The van der Waals surface area contributed by atoms with Gasteiger partial charge in [-0.25, -0.2) is 4.98 Å². The first kappa shape index (κ1) is 24.3. The van der Waals surface area contributed by atoms with Crippen LogP contribution in [0.1, 0.15) is 54.6 Å². The summed E-state index contributed by atoms with van der Waals surface area (Å²) < 4.78 is 1.99. The maximum atomic E-state index is 13.8. The Hall–Kier alpha value is -3.41. The maximum Gasteiger partial charge on any atom is 0.253 e. The number of benzene rings is 2. The van der Waals surface area contributed by atoms with Gasteiger partial charge in [0.1, 0.15) is 0 Å². The number of likely N-dealkylation sites (tertiary alicyclic amines) is 2. The highest BCUT2D eigenvalue weighted by Gasteiger charge is 2.52. The van der Waals surface area contributed by atoms with Crippen LogP contribution >= 0.6 is 0 Å². The van der Waals surface area contributed by atoms with Crippen LogP contribution in [0.4, 0.5) is 0 Å². The van der Waals surface area contributed by atoms with Crippen LogP contribution in [0.2, 0.25) is 0 Å². The SMILES string of the molecule is CC(C)CN1C(=O)C2(CCN(C(=O)c3cccc(Cn4ccnc4)c3)CC2)CC1Cc1ccccc1. The van der Waals surface area contributed by atoms with E-state index in [0.717, 1.165) is 37.8 Å². The minimum absolute atomic E-state index is 0.0580. The summed E-state index contributed by atoms with van der Waals surface area (Å²) in [7, 11) is 0. The fraction of sp³-hybridized carbons (Fsp3) is 0.433. The van der Waals surface area contributed by atoms with Crippen molar-refractivity contribution in [2.24, 2.45) is 11.3 Å². The lowest BCUT2D eigenvalue weighted by atomic mass is 9.75. The summed E-state index contributed by atoms with van der Waals surface area (Å²) in [5.74, 6) is 0.785. The third-order valence-electron chi connectivity index (χ3n) is 7.76. The molecule has 2 saturated heterocycles. The molecule has 2 aliphatic rings. The molecule has 3 heterocycles. The van der Waals surface area contributed by atoms with Crippen molar-refractivity contribution >= 4 is 11.8 Å². The lowest BCUT2D eigenvalue weighted by Gasteiger charge is -2.38. The second-order valence-corrected chi connectivity index (χ2v) is 10.9. The number of amides is 2. The third-order valence-corrected chi connectivity index (χ3v) is 7.76. The molecule has 5 rings (SSSR count). The van der Waals surface area contributed by atoms with Gasteiger partial charge in [0.15, 0.2) is 0 Å². The summed E-state index contributed by atoms with van der Waals surface area (Å²) in [6, 6.07) is 18.6. The zero-order valence-corrected chi connectivity index (χ0v) is 21.3. The first-order chi connectivity index (χ1) is 17.4. The van der Waals surface area contributed by atoms with E-state index in [1.54, 1.807) is 12.5 Å². The van der Waals surface area contributed by atoms with Crippen molar-refractivity contribution in [3.8, 4) is 0 Å². The van der Waals surface area contributed by atoms with Crippen molar-refractivity contribution < 1.29 is 9.59 Å². The monoisotopic (exact) mass is 484 g/mol. The Morgan fingerprint density at radius 2 is 1.81 bits per heavy atom. The first-order valence-electron chi connectivity index (χ1n) is 13.1. The number of nitrogens with zero attached hydrogens (tertiary/aromatic N) is 4. The molecule has 2 fully saturated rings. The van der Waals surface area contributed by atoms with Crippen molar-refractivity contribution in [1.29, 1.82) is 0 Å². The number of hydrogen-bond acceptors (Lipinski definition) is 3. The molecular formula is C30H36N4O2. The summed E-state index contributed by atoms with van der Waals surface area (Å²) in [6.07, 6.45) is 8.73. The fourth-order valence-electron chi connectivity index (χ4n) is 5.95. The van der Waals surface area contributed by atoms with E-state index in [2.05, 4.69) is 48.0 Å². The molecule has 1 spiro atoms. The molecule has 0 N–H and O–H groups in total. The first-order valence-corrected chi connectivity index (χ1v) is 13.1. The van der Waals surface area contributed by atoms with Crippen LogP contribution in [0.15, 0.2) is 73.3 Å². The molecule has 2 amide bonds.